The van der Waals surface area contributed by atoms with E-state index in [1.807, 2.05) is 20.8 Å². The maximum atomic E-state index is 12.3. The van der Waals surface area contributed by atoms with Gasteiger partial charge in [-0.25, -0.2) is 4.79 Å². The van der Waals surface area contributed by atoms with Crippen LogP contribution in [0.3, 0.4) is 0 Å². The van der Waals surface area contributed by atoms with Crippen LogP contribution in [-0.4, -0.2) is 37.2 Å². The number of ether oxygens (including phenoxy) is 3. The Labute approximate surface area is 165 Å². The van der Waals surface area contributed by atoms with Gasteiger partial charge in [-0.3, -0.25) is 9.59 Å². The summed E-state index contributed by atoms with van der Waals surface area (Å²) in [6, 6.07) is 0. The summed E-state index contributed by atoms with van der Waals surface area (Å²) in [5.41, 5.74) is -0.583. The van der Waals surface area contributed by atoms with Crippen LogP contribution in [0, 0.1) is 52.8 Å². The summed E-state index contributed by atoms with van der Waals surface area (Å²) >= 11 is 0. The third-order valence-corrected chi connectivity index (χ3v) is 8.81. The molecule has 9 atom stereocenters. The molecule has 1 saturated heterocycles. The molecule has 1 heterocycles. The van der Waals surface area contributed by atoms with Crippen LogP contribution in [0.4, 0.5) is 0 Å². The second kappa shape index (κ2) is 6.20. The molecule has 9 unspecified atom stereocenters. The first-order chi connectivity index (χ1) is 13.3. The van der Waals surface area contributed by atoms with E-state index in [2.05, 4.69) is 0 Å². The van der Waals surface area contributed by atoms with Crippen molar-refractivity contribution in [1.82, 2.24) is 0 Å². The minimum atomic E-state index is -0.583. The Morgan fingerprint density at radius 3 is 2.61 bits per heavy atom. The molecule has 5 fully saturated rings. The molecule has 0 spiro atoms. The highest BCUT2D eigenvalue weighted by molar-refractivity contribution is 5.80. The predicted molar refractivity (Wildman–Crippen MR) is 97.6 cm³/mol. The van der Waals surface area contributed by atoms with Crippen molar-refractivity contribution in [3.05, 3.63) is 0 Å². The van der Waals surface area contributed by atoms with E-state index in [1.54, 1.807) is 0 Å². The molecule has 0 radical (unpaired) electrons. The molecule has 5 rings (SSSR count). The van der Waals surface area contributed by atoms with Gasteiger partial charge in [-0.2, -0.15) is 0 Å². The zero-order valence-corrected chi connectivity index (χ0v) is 16.9. The van der Waals surface area contributed by atoms with Crippen molar-refractivity contribution in [3.8, 4) is 0 Å². The highest BCUT2D eigenvalue weighted by Crippen LogP contribution is 2.71. The zero-order chi connectivity index (χ0) is 19.8. The Morgan fingerprint density at radius 2 is 1.86 bits per heavy atom. The summed E-state index contributed by atoms with van der Waals surface area (Å²) in [6.07, 6.45) is 3.75. The van der Waals surface area contributed by atoms with Crippen LogP contribution in [0.25, 0.3) is 0 Å². The van der Waals surface area contributed by atoms with E-state index in [0.29, 0.717) is 54.5 Å². The molecule has 4 saturated carbocycles. The quantitative estimate of drug-likeness (QED) is 0.408. The van der Waals surface area contributed by atoms with Gasteiger partial charge in [0.1, 0.15) is 6.10 Å². The van der Waals surface area contributed by atoms with E-state index in [9.17, 15) is 14.4 Å². The first kappa shape index (κ1) is 18.4. The van der Waals surface area contributed by atoms with Crippen LogP contribution < -0.4 is 0 Å². The number of rotatable bonds is 5. The summed E-state index contributed by atoms with van der Waals surface area (Å²) in [5.74, 6) is 2.91. The van der Waals surface area contributed by atoms with Gasteiger partial charge < -0.3 is 14.2 Å². The number of hydrogen-bond donors (Lipinski definition) is 0. The molecular weight excluding hydrogens is 360 g/mol. The van der Waals surface area contributed by atoms with Gasteiger partial charge in [0.15, 0.2) is 6.61 Å². The smallest absolute Gasteiger partial charge is 0.344 e. The first-order valence-electron chi connectivity index (χ1n) is 10.8. The summed E-state index contributed by atoms with van der Waals surface area (Å²) < 4.78 is 16.3. The average molecular weight is 390 g/mol. The van der Waals surface area contributed by atoms with Crippen molar-refractivity contribution in [2.45, 2.75) is 52.6 Å². The van der Waals surface area contributed by atoms with Crippen LogP contribution in [-0.2, 0) is 28.6 Å². The fourth-order valence-corrected chi connectivity index (χ4v) is 7.34. The molecule has 1 aliphatic heterocycles. The third-order valence-electron chi connectivity index (χ3n) is 8.81. The molecule has 4 bridgehead atoms. The van der Waals surface area contributed by atoms with Gasteiger partial charge in [0.25, 0.3) is 0 Å². The van der Waals surface area contributed by atoms with Crippen LogP contribution in [0.5, 0.6) is 0 Å². The minimum Gasteiger partial charge on any atom is -0.465 e. The normalized spacial score (nSPS) is 45.0. The summed E-state index contributed by atoms with van der Waals surface area (Å²) in [6.45, 7) is 5.84. The fraction of sp³-hybridized carbons (Fsp3) is 0.864. The van der Waals surface area contributed by atoms with Gasteiger partial charge in [-0.1, -0.05) is 6.92 Å². The summed E-state index contributed by atoms with van der Waals surface area (Å²) in [7, 11) is 0. The van der Waals surface area contributed by atoms with Crippen molar-refractivity contribution in [1.29, 1.82) is 0 Å². The molecule has 0 aromatic rings. The van der Waals surface area contributed by atoms with Gasteiger partial charge in [0.05, 0.1) is 17.9 Å². The zero-order valence-electron chi connectivity index (χ0n) is 16.9. The van der Waals surface area contributed by atoms with E-state index in [-0.39, 0.29) is 30.6 Å². The van der Waals surface area contributed by atoms with Gasteiger partial charge in [-0.15, -0.1) is 0 Å². The molecule has 5 aliphatic rings. The largest absolute Gasteiger partial charge is 0.465 e. The molecule has 0 aromatic heterocycles. The van der Waals surface area contributed by atoms with Crippen LogP contribution in [0.15, 0.2) is 0 Å². The lowest BCUT2D eigenvalue weighted by Crippen LogP contribution is -2.43. The van der Waals surface area contributed by atoms with E-state index in [4.69, 9.17) is 14.2 Å². The molecule has 0 amide bonds. The monoisotopic (exact) mass is 390 g/mol. The predicted octanol–water partition coefficient (Wildman–Crippen LogP) is 2.59. The molecule has 6 heteroatoms. The fourth-order valence-electron chi connectivity index (χ4n) is 7.34. The number of carbonyl (C=O) groups excluding carboxylic acids is 3. The molecular formula is C22H30O6. The molecule has 0 aromatic carbocycles. The highest BCUT2D eigenvalue weighted by Gasteiger charge is 2.70. The number of carbonyl (C=O) groups is 3. The topological polar surface area (TPSA) is 78.9 Å². The molecule has 4 aliphatic carbocycles. The third kappa shape index (κ3) is 2.48. The van der Waals surface area contributed by atoms with E-state index >= 15 is 0 Å². The lowest BCUT2D eigenvalue weighted by molar-refractivity contribution is -0.170. The summed E-state index contributed by atoms with van der Waals surface area (Å²) in [4.78, 5) is 36.5. The maximum absolute atomic E-state index is 12.3. The van der Waals surface area contributed by atoms with E-state index < -0.39 is 11.4 Å². The van der Waals surface area contributed by atoms with Gasteiger partial charge >= 0.3 is 17.9 Å². The minimum absolute atomic E-state index is 0.0264. The maximum Gasteiger partial charge on any atom is 0.344 e. The lowest BCUT2D eigenvalue weighted by atomic mass is 9.63. The Morgan fingerprint density at radius 1 is 1.07 bits per heavy atom. The summed E-state index contributed by atoms with van der Waals surface area (Å²) in [5, 5.41) is 0. The van der Waals surface area contributed by atoms with E-state index in [1.165, 1.54) is 0 Å². The Bertz CT molecular complexity index is 714. The molecule has 154 valence electrons. The second-order valence-corrected chi connectivity index (χ2v) is 10.3. The molecule has 28 heavy (non-hydrogen) atoms. The number of cyclic esters (lactones) is 1. The average Bonchev–Trinajstić information content (AvgIpc) is 3.43. The standard InChI is InChI=1S/C22H30O6/c1-4-22(2,3)21(25)27-9-16(23)28-15-6-10-5-12(15)18-11-7-13(17(10)18)19-14(11)8-26-20(19)24/h10-15,17-19H,4-9H2,1-3H3. The molecule has 0 N–H and O–H groups in total. The van der Waals surface area contributed by atoms with Gasteiger partial charge in [0, 0.05) is 5.92 Å². The SMILES string of the molecule is CCC(C)(C)C(=O)OCC(=O)OC1CC2CC1C1C3CC(C4C(=O)OCC34)C21. The first-order valence-corrected chi connectivity index (χ1v) is 10.8. The van der Waals surface area contributed by atoms with Crippen molar-refractivity contribution in [2.24, 2.45) is 52.8 Å². The number of esters is 3. The molecule has 6 nitrogen and oxygen atoms in total. The Kier molecular flexibility index (Phi) is 4.08. The van der Waals surface area contributed by atoms with Crippen LogP contribution >= 0.6 is 0 Å². The van der Waals surface area contributed by atoms with Crippen molar-refractivity contribution in [2.75, 3.05) is 13.2 Å². The van der Waals surface area contributed by atoms with Gasteiger partial charge in [0.2, 0.25) is 0 Å². The highest BCUT2D eigenvalue weighted by atomic mass is 16.6. The van der Waals surface area contributed by atoms with Crippen molar-refractivity contribution in [3.63, 3.8) is 0 Å². The Balaban J connectivity index is 1.20. The Hall–Kier alpha value is -1.59. The number of hydrogen-bond acceptors (Lipinski definition) is 6. The lowest BCUT2D eigenvalue weighted by Gasteiger charge is -2.41. The van der Waals surface area contributed by atoms with Crippen LogP contribution in [0.2, 0.25) is 0 Å². The van der Waals surface area contributed by atoms with Crippen molar-refractivity contribution >= 4 is 17.9 Å². The van der Waals surface area contributed by atoms with Gasteiger partial charge in [-0.05, 0) is 75.0 Å². The van der Waals surface area contributed by atoms with E-state index in [0.717, 1.165) is 19.3 Å². The van der Waals surface area contributed by atoms with Crippen molar-refractivity contribution < 1.29 is 28.6 Å². The second-order valence-electron chi connectivity index (χ2n) is 10.3. The van der Waals surface area contributed by atoms with Crippen LogP contribution in [0.1, 0.15) is 46.5 Å². The number of fused-ring (bicyclic) bond motifs is 12.